The van der Waals surface area contributed by atoms with Crippen molar-refractivity contribution in [1.29, 1.82) is 0 Å². The molecule has 3 rings (SSSR count). The zero-order valence-electron chi connectivity index (χ0n) is 13.8. The van der Waals surface area contributed by atoms with E-state index in [9.17, 15) is 9.18 Å². The van der Waals surface area contributed by atoms with Crippen LogP contribution in [0.4, 0.5) is 9.18 Å². The first-order chi connectivity index (χ1) is 10.8. The third-order valence-corrected chi connectivity index (χ3v) is 4.14. The van der Waals surface area contributed by atoms with Crippen LogP contribution >= 0.6 is 0 Å². The largest absolute Gasteiger partial charge is 0.444 e. The van der Waals surface area contributed by atoms with Gasteiger partial charge in [-0.2, -0.15) is 0 Å². The number of hydrogen-bond donors (Lipinski definition) is 1. The fourth-order valence-electron chi connectivity index (χ4n) is 3.13. The lowest BCUT2D eigenvalue weighted by Gasteiger charge is -2.55. The summed E-state index contributed by atoms with van der Waals surface area (Å²) in [7, 11) is 0. The number of nitrogens with one attached hydrogen (secondary N) is 1. The van der Waals surface area contributed by atoms with E-state index in [0.29, 0.717) is 19.7 Å². The van der Waals surface area contributed by atoms with E-state index in [1.165, 1.54) is 12.1 Å². The molecule has 1 aromatic carbocycles. The third kappa shape index (κ3) is 3.33. The lowest BCUT2D eigenvalue weighted by Crippen LogP contribution is -2.71. The van der Waals surface area contributed by atoms with Crippen LogP contribution < -0.4 is 5.32 Å². The van der Waals surface area contributed by atoms with Crippen molar-refractivity contribution in [2.45, 2.75) is 38.0 Å². The number of rotatable bonds is 1. The summed E-state index contributed by atoms with van der Waals surface area (Å²) in [5.41, 5.74) is -0.00979. The molecule has 0 saturated carbocycles. The molecular formula is C17H23FN2O3. The average molecular weight is 322 g/mol. The molecule has 1 spiro atoms. The molecule has 0 aromatic heterocycles. The van der Waals surface area contributed by atoms with E-state index in [0.717, 1.165) is 12.1 Å². The summed E-state index contributed by atoms with van der Waals surface area (Å²) in [6.07, 6.45) is -0.324. The van der Waals surface area contributed by atoms with Gasteiger partial charge in [0.25, 0.3) is 0 Å². The fraction of sp³-hybridized carbons (Fsp3) is 0.588. The Labute approximate surface area is 135 Å². The molecule has 126 valence electrons. The first-order valence-corrected chi connectivity index (χ1v) is 7.90. The van der Waals surface area contributed by atoms with E-state index < -0.39 is 11.2 Å². The van der Waals surface area contributed by atoms with Crippen LogP contribution in [0.15, 0.2) is 24.3 Å². The van der Waals surface area contributed by atoms with Crippen LogP contribution in [0, 0.1) is 5.82 Å². The summed E-state index contributed by atoms with van der Waals surface area (Å²) < 4.78 is 24.5. The molecule has 6 heteroatoms. The van der Waals surface area contributed by atoms with Gasteiger partial charge in [0.15, 0.2) is 0 Å². The lowest BCUT2D eigenvalue weighted by molar-refractivity contribution is -0.176. The Morgan fingerprint density at radius 2 is 2.00 bits per heavy atom. The third-order valence-electron chi connectivity index (χ3n) is 4.14. The number of halogens is 1. The van der Waals surface area contributed by atoms with E-state index in [1.807, 2.05) is 20.8 Å². The van der Waals surface area contributed by atoms with E-state index in [4.69, 9.17) is 9.47 Å². The summed E-state index contributed by atoms with van der Waals surface area (Å²) in [5, 5.41) is 3.43. The molecule has 1 unspecified atom stereocenters. The Morgan fingerprint density at radius 3 is 2.61 bits per heavy atom. The zero-order valence-corrected chi connectivity index (χ0v) is 13.8. The first kappa shape index (κ1) is 16.2. The van der Waals surface area contributed by atoms with E-state index in [1.54, 1.807) is 17.0 Å². The highest BCUT2D eigenvalue weighted by atomic mass is 19.1. The number of likely N-dealkylation sites (tertiary alicyclic amines) is 1. The molecule has 0 aliphatic carbocycles. The number of carbonyl (C=O) groups excluding carboxylic acids is 1. The molecule has 0 bridgehead atoms. The van der Waals surface area contributed by atoms with Gasteiger partial charge in [0.1, 0.15) is 17.0 Å². The van der Waals surface area contributed by atoms with Crippen molar-refractivity contribution in [1.82, 2.24) is 10.2 Å². The normalized spacial score (nSPS) is 23.5. The van der Waals surface area contributed by atoms with Crippen LogP contribution in [-0.4, -0.2) is 48.4 Å². The quantitative estimate of drug-likeness (QED) is 0.863. The number of nitrogens with zero attached hydrogens (tertiary/aromatic N) is 1. The monoisotopic (exact) mass is 322 g/mol. The minimum absolute atomic E-state index is 0.0597. The minimum Gasteiger partial charge on any atom is -0.444 e. The topological polar surface area (TPSA) is 50.8 Å². The molecule has 1 N–H and O–H groups in total. The summed E-state index contributed by atoms with van der Waals surface area (Å²) in [4.78, 5) is 13.8. The molecule has 2 aliphatic heterocycles. The second kappa shape index (κ2) is 5.76. The highest BCUT2D eigenvalue weighted by Crippen LogP contribution is 2.39. The molecule has 2 saturated heterocycles. The standard InChI is InChI=1S/C17H23FN2O3/c1-16(2,3)23-15(21)20-10-17(11-20)14(19-8-9-22-17)12-4-6-13(18)7-5-12/h4-7,14,19H,8-11H2,1-3H3. The summed E-state index contributed by atoms with van der Waals surface area (Å²) >= 11 is 0. The van der Waals surface area contributed by atoms with Gasteiger partial charge < -0.3 is 19.7 Å². The minimum atomic E-state index is -0.512. The van der Waals surface area contributed by atoms with Crippen LogP contribution in [-0.2, 0) is 9.47 Å². The number of amides is 1. The maximum Gasteiger partial charge on any atom is 0.410 e. The second-order valence-electron chi connectivity index (χ2n) is 7.19. The Hall–Kier alpha value is -1.66. The van der Waals surface area contributed by atoms with Crippen LogP contribution in [0.1, 0.15) is 32.4 Å². The van der Waals surface area contributed by atoms with Crippen LogP contribution in [0.5, 0.6) is 0 Å². The van der Waals surface area contributed by atoms with Crippen molar-refractivity contribution >= 4 is 6.09 Å². The predicted octanol–water partition coefficient (Wildman–Crippen LogP) is 2.48. The second-order valence-corrected chi connectivity index (χ2v) is 7.19. The Kier molecular flexibility index (Phi) is 4.06. The average Bonchev–Trinajstić information content (AvgIpc) is 2.43. The fourth-order valence-corrected chi connectivity index (χ4v) is 3.13. The molecular weight excluding hydrogens is 299 g/mol. The Balaban J connectivity index is 1.71. The smallest absolute Gasteiger partial charge is 0.410 e. The Bertz CT molecular complexity index is 576. The van der Waals surface area contributed by atoms with Gasteiger partial charge in [-0.05, 0) is 38.5 Å². The maximum atomic E-state index is 13.1. The van der Waals surface area contributed by atoms with Gasteiger partial charge in [0.05, 0.1) is 25.7 Å². The molecule has 5 nitrogen and oxygen atoms in total. The van der Waals surface area contributed by atoms with Gasteiger partial charge in [-0.25, -0.2) is 9.18 Å². The van der Waals surface area contributed by atoms with E-state index >= 15 is 0 Å². The lowest BCUT2D eigenvalue weighted by atomic mass is 9.81. The van der Waals surface area contributed by atoms with Crippen molar-refractivity contribution in [2.24, 2.45) is 0 Å². The number of ether oxygens (including phenoxy) is 2. The molecule has 2 fully saturated rings. The Morgan fingerprint density at radius 1 is 1.35 bits per heavy atom. The van der Waals surface area contributed by atoms with Gasteiger partial charge in [-0.15, -0.1) is 0 Å². The number of morpholine rings is 1. The van der Waals surface area contributed by atoms with Gasteiger partial charge in [0, 0.05) is 6.54 Å². The molecule has 1 aromatic rings. The summed E-state index contributed by atoms with van der Waals surface area (Å²) in [5.74, 6) is -0.261. The first-order valence-electron chi connectivity index (χ1n) is 7.90. The van der Waals surface area contributed by atoms with Gasteiger partial charge in [-0.1, -0.05) is 12.1 Å². The van der Waals surface area contributed by atoms with Crippen molar-refractivity contribution in [3.63, 3.8) is 0 Å². The van der Waals surface area contributed by atoms with Crippen molar-refractivity contribution in [2.75, 3.05) is 26.2 Å². The SMILES string of the molecule is CC(C)(C)OC(=O)N1CC2(C1)OCCNC2c1ccc(F)cc1. The zero-order chi connectivity index (χ0) is 16.7. The van der Waals surface area contributed by atoms with Crippen LogP contribution in [0.2, 0.25) is 0 Å². The van der Waals surface area contributed by atoms with Crippen molar-refractivity contribution in [3.8, 4) is 0 Å². The van der Waals surface area contributed by atoms with E-state index in [-0.39, 0.29) is 18.0 Å². The molecule has 2 heterocycles. The molecule has 1 atom stereocenters. The van der Waals surface area contributed by atoms with Crippen LogP contribution in [0.3, 0.4) is 0 Å². The molecule has 23 heavy (non-hydrogen) atoms. The predicted molar refractivity (Wildman–Crippen MR) is 83.6 cm³/mol. The molecule has 1 amide bonds. The molecule has 0 radical (unpaired) electrons. The number of carbonyl (C=O) groups is 1. The van der Waals surface area contributed by atoms with Gasteiger partial charge in [-0.3, -0.25) is 0 Å². The summed E-state index contributed by atoms with van der Waals surface area (Å²) in [6.45, 7) is 7.81. The van der Waals surface area contributed by atoms with Crippen molar-refractivity contribution in [3.05, 3.63) is 35.6 Å². The highest BCUT2D eigenvalue weighted by molar-refractivity contribution is 5.70. The van der Waals surface area contributed by atoms with E-state index in [2.05, 4.69) is 5.32 Å². The summed E-state index contributed by atoms with van der Waals surface area (Å²) in [6, 6.07) is 6.36. The maximum absolute atomic E-state index is 13.1. The number of benzene rings is 1. The van der Waals surface area contributed by atoms with Gasteiger partial charge >= 0.3 is 6.09 Å². The molecule has 2 aliphatic rings. The number of hydrogen-bond acceptors (Lipinski definition) is 4. The van der Waals surface area contributed by atoms with Crippen LogP contribution in [0.25, 0.3) is 0 Å². The van der Waals surface area contributed by atoms with Crippen molar-refractivity contribution < 1.29 is 18.7 Å². The highest BCUT2D eigenvalue weighted by Gasteiger charge is 2.54. The van der Waals surface area contributed by atoms with Gasteiger partial charge in [0.2, 0.25) is 0 Å².